The predicted molar refractivity (Wildman–Crippen MR) is 64.8 cm³/mol. The van der Waals surface area contributed by atoms with Gasteiger partial charge in [0.15, 0.2) is 23.9 Å². The first kappa shape index (κ1) is 10.0. The molecule has 4 atom stereocenters. The normalized spacial score (nSPS) is 33.4. The Morgan fingerprint density at radius 2 is 2.37 bits per heavy atom. The molecule has 0 amide bonds. The second-order valence-corrected chi connectivity index (χ2v) is 4.46. The number of rotatable bonds is 2. The number of aromatic nitrogens is 4. The van der Waals surface area contributed by atoms with E-state index in [0.717, 1.165) is 0 Å². The van der Waals surface area contributed by atoms with E-state index in [2.05, 4.69) is 15.0 Å². The van der Waals surface area contributed by atoms with Crippen LogP contribution in [0.5, 0.6) is 0 Å². The number of hydrogen-bond donors (Lipinski definition) is 2. The summed E-state index contributed by atoms with van der Waals surface area (Å²) in [5, 5.41) is 9.45. The average Bonchev–Trinajstić information content (AvgIpc) is 2.93. The number of imidazole rings is 1. The highest BCUT2D eigenvalue weighted by molar-refractivity contribution is 5.81. The van der Waals surface area contributed by atoms with Crippen LogP contribution in [0.1, 0.15) is 15.9 Å². The fourth-order valence-corrected chi connectivity index (χ4v) is 2.20. The van der Waals surface area contributed by atoms with Crippen molar-refractivity contribution < 1.29 is 17.0 Å². The summed E-state index contributed by atoms with van der Waals surface area (Å²) in [6.07, 6.45) is -1.40. The van der Waals surface area contributed by atoms with Gasteiger partial charge >= 0.3 is 0 Å². The third kappa shape index (κ3) is 1.75. The van der Waals surface area contributed by atoms with Crippen LogP contribution in [0.4, 0.5) is 10.2 Å². The van der Waals surface area contributed by atoms with E-state index in [1.54, 1.807) is 0 Å². The Morgan fingerprint density at radius 1 is 1.58 bits per heavy atom. The number of anilines is 1. The van der Waals surface area contributed by atoms with Gasteiger partial charge in [0.1, 0.15) is 11.8 Å². The number of alkyl halides is 1. The summed E-state index contributed by atoms with van der Waals surface area (Å²) in [5.41, 5.74) is 6.27. The molecular weight excluding hydrogens is 253 g/mol. The fourth-order valence-electron chi connectivity index (χ4n) is 2.20. The lowest BCUT2D eigenvalue weighted by atomic mass is 10.0. The van der Waals surface area contributed by atoms with Crippen LogP contribution in [0.2, 0.25) is 0 Å². The van der Waals surface area contributed by atoms with Gasteiger partial charge in [0.25, 0.3) is 0 Å². The molecule has 3 heterocycles. The first-order valence-electron chi connectivity index (χ1n) is 6.75. The van der Waals surface area contributed by atoms with Gasteiger partial charge in [-0.2, -0.15) is 0 Å². The van der Waals surface area contributed by atoms with Crippen LogP contribution >= 0.6 is 0 Å². The molecule has 102 valence electrons. The lowest BCUT2D eigenvalue weighted by Gasteiger charge is -2.15. The summed E-state index contributed by atoms with van der Waals surface area (Å²) in [6, 6.07) is 0. The quantitative estimate of drug-likeness (QED) is 0.812. The molecule has 2 aromatic heterocycles. The molecule has 0 saturated carbocycles. The van der Waals surface area contributed by atoms with E-state index in [4.69, 9.17) is 13.2 Å². The van der Waals surface area contributed by atoms with E-state index in [9.17, 15) is 9.50 Å². The second kappa shape index (κ2) is 4.39. The Bertz CT molecular complexity index is 676. The molecule has 0 spiro atoms. The Kier molecular flexibility index (Phi) is 2.32. The van der Waals surface area contributed by atoms with Crippen molar-refractivity contribution in [2.45, 2.75) is 25.4 Å². The molecule has 0 unspecified atom stereocenters. The summed E-state index contributed by atoms with van der Waals surface area (Å²) in [5.74, 6) is -0.666. The molecule has 19 heavy (non-hydrogen) atoms. The van der Waals surface area contributed by atoms with Gasteiger partial charge < -0.3 is 15.6 Å². The number of nitrogens with two attached hydrogens (primary N) is 1. The van der Waals surface area contributed by atoms with Crippen molar-refractivity contribution in [3.05, 3.63) is 12.7 Å². The second-order valence-electron chi connectivity index (χ2n) is 4.46. The molecule has 1 fully saturated rings. The molecular formula is C11H14FN5O2. The molecule has 0 radical (unpaired) electrons. The zero-order chi connectivity index (χ0) is 15.4. The van der Waals surface area contributed by atoms with Crippen LogP contribution in [0.15, 0.2) is 12.7 Å². The maximum Gasteiger partial charge on any atom is 0.168 e. The van der Waals surface area contributed by atoms with Gasteiger partial charge in [0.2, 0.25) is 0 Å². The van der Waals surface area contributed by atoms with Gasteiger partial charge in [-0.05, 0) is 0 Å². The van der Waals surface area contributed by atoms with E-state index < -0.39 is 31.0 Å². The van der Waals surface area contributed by atoms with E-state index in [1.807, 2.05) is 0 Å². The molecule has 0 aliphatic carbocycles. The third-order valence-corrected chi connectivity index (χ3v) is 3.33. The summed E-state index contributed by atoms with van der Waals surface area (Å²) in [6.45, 7) is -1.16. The highest BCUT2D eigenvalue weighted by Gasteiger charge is 2.43. The van der Waals surface area contributed by atoms with Gasteiger partial charge in [-0.25, -0.2) is 19.3 Å². The van der Waals surface area contributed by atoms with Gasteiger partial charge in [0, 0.05) is 5.92 Å². The number of ether oxygens (including phenoxy) is 1. The minimum absolute atomic E-state index is 0.161. The first-order valence-corrected chi connectivity index (χ1v) is 5.75. The maximum atomic E-state index is 14.4. The van der Waals surface area contributed by atoms with Crippen molar-refractivity contribution in [3.63, 3.8) is 0 Å². The smallest absolute Gasteiger partial charge is 0.168 e. The Morgan fingerprint density at radius 3 is 3.05 bits per heavy atom. The minimum atomic E-state index is -2.64. The number of nitrogen functional groups attached to an aromatic ring is 1. The van der Waals surface area contributed by atoms with E-state index in [-0.39, 0.29) is 5.82 Å². The van der Waals surface area contributed by atoms with Gasteiger partial charge in [-0.1, -0.05) is 6.92 Å². The van der Waals surface area contributed by atoms with Crippen LogP contribution in [-0.4, -0.2) is 43.5 Å². The number of aliphatic hydroxyl groups is 1. The van der Waals surface area contributed by atoms with Crippen LogP contribution in [0.3, 0.4) is 0 Å². The van der Waals surface area contributed by atoms with Gasteiger partial charge in [-0.3, -0.25) is 4.57 Å². The maximum absolute atomic E-state index is 14.4. The molecule has 7 nitrogen and oxygen atoms in total. The average molecular weight is 269 g/mol. The number of halogens is 1. The molecule has 3 rings (SSSR count). The zero-order valence-corrected chi connectivity index (χ0v) is 10.1. The summed E-state index contributed by atoms with van der Waals surface area (Å²) < 4.78 is 35.8. The van der Waals surface area contributed by atoms with Crippen molar-refractivity contribution in [2.24, 2.45) is 5.92 Å². The van der Waals surface area contributed by atoms with Gasteiger partial charge in [-0.15, -0.1) is 0 Å². The molecule has 0 bridgehead atoms. The summed E-state index contributed by atoms with van der Waals surface area (Å²) in [7, 11) is 0. The lowest BCUT2D eigenvalue weighted by molar-refractivity contribution is -0.0378. The molecule has 1 saturated heterocycles. The lowest BCUT2D eigenvalue weighted by Crippen LogP contribution is -2.21. The first-order chi connectivity index (χ1) is 9.80. The Labute approximate surface area is 111 Å². The predicted octanol–water partition coefficient (Wildman–Crippen LogP) is 0.272. The van der Waals surface area contributed by atoms with Crippen LogP contribution in [-0.2, 0) is 4.74 Å². The molecule has 1 aliphatic heterocycles. The molecule has 1 aliphatic rings. The van der Waals surface area contributed by atoms with Crippen molar-refractivity contribution >= 4 is 17.0 Å². The zero-order valence-electron chi connectivity index (χ0n) is 12.1. The van der Waals surface area contributed by atoms with Crippen LogP contribution in [0.25, 0.3) is 11.2 Å². The highest BCUT2D eigenvalue weighted by atomic mass is 19.1. The van der Waals surface area contributed by atoms with Crippen LogP contribution < -0.4 is 5.73 Å². The largest absolute Gasteiger partial charge is 0.394 e. The molecule has 3 N–H and O–H groups in total. The molecule has 0 aromatic carbocycles. The van der Waals surface area contributed by atoms with E-state index in [1.165, 1.54) is 24.1 Å². The van der Waals surface area contributed by atoms with Crippen molar-refractivity contribution in [1.29, 1.82) is 0 Å². The van der Waals surface area contributed by atoms with E-state index in [0.29, 0.717) is 11.2 Å². The van der Waals surface area contributed by atoms with Crippen molar-refractivity contribution in [2.75, 3.05) is 12.3 Å². The number of hydrogen-bond acceptors (Lipinski definition) is 6. The van der Waals surface area contributed by atoms with Crippen LogP contribution in [0, 0.1) is 5.92 Å². The Balaban J connectivity index is 2.02. The third-order valence-electron chi connectivity index (χ3n) is 3.33. The van der Waals surface area contributed by atoms with Crippen molar-refractivity contribution in [1.82, 2.24) is 19.5 Å². The molecule has 8 heteroatoms. The van der Waals surface area contributed by atoms with Crippen molar-refractivity contribution in [3.8, 4) is 0 Å². The van der Waals surface area contributed by atoms with E-state index >= 15 is 0 Å². The fraction of sp³-hybridized carbons (Fsp3) is 0.545. The SMILES string of the molecule is [2H]C([2H])(O)[C@H]1O[C@@H](n2cnc3c(N)ncnc32)[C@H](F)[C@@H]1C. The summed E-state index contributed by atoms with van der Waals surface area (Å²) >= 11 is 0. The Hall–Kier alpha value is -1.80. The number of nitrogens with zero attached hydrogens (tertiary/aromatic N) is 4. The number of fused-ring (bicyclic) bond motifs is 1. The minimum Gasteiger partial charge on any atom is -0.394 e. The standard InChI is InChI=1S/C11H14FN5O2/c1-5-6(2-18)19-11(7(5)12)17-4-16-8-9(13)14-3-15-10(8)17/h3-7,11,18H,2H2,1H3,(H2,13,14,15)/t5-,6-,7-,11-/m1/s1/i2D2. The topological polar surface area (TPSA) is 99.1 Å². The monoisotopic (exact) mass is 269 g/mol. The van der Waals surface area contributed by atoms with Gasteiger partial charge in [0.05, 0.1) is 21.7 Å². The molecule has 2 aromatic rings. The summed E-state index contributed by atoms with van der Waals surface area (Å²) in [4.78, 5) is 11.8. The highest BCUT2D eigenvalue weighted by Crippen LogP contribution is 2.37.